The molecule has 0 aliphatic carbocycles. The molecule has 0 saturated heterocycles. The number of rotatable bonds is 6. The SMILES string of the molecule is CCCCOC(=O)C=Cc1cccc(C=O)c1. The smallest absolute Gasteiger partial charge is 0.330 e. The first-order valence-electron chi connectivity index (χ1n) is 5.66. The fraction of sp³-hybridized carbons (Fsp3) is 0.286. The summed E-state index contributed by atoms with van der Waals surface area (Å²) in [5.41, 5.74) is 1.40. The van der Waals surface area contributed by atoms with Gasteiger partial charge in [-0.1, -0.05) is 31.5 Å². The van der Waals surface area contributed by atoms with E-state index in [0.29, 0.717) is 12.2 Å². The summed E-state index contributed by atoms with van der Waals surface area (Å²) in [6, 6.07) is 7.02. The summed E-state index contributed by atoms with van der Waals surface area (Å²) in [5.74, 6) is -0.352. The third-order valence-corrected chi connectivity index (χ3v) is 2.20. The molecular formula is C14H16O3. The molecule has 0 spiro atoms. The first-order chi connectivity index (χ1) is 8.26. The van der Waals surface area contributed by atoms with Crippen molar-refractivity contribution >= 4 is 18.3 Å². The molecule has 17 heavy (non-hydrogen) atoms. The molecule has 0 amide bonds. The van der Waals surface area contributed by atoms with Gasteiger partial charge in [0.05, 0.1) is 6.61 Å². The fourth-order valence-corrected chi connectivity index (χ4v) is 1.27. The van der Waals surface area contributed by atoms with Gasteiger partial charge in [0.15, 0.2) is 0 Å². The van der Waals surface area contributed by atoms with Gasteiger partial charge < -0.3 is 4.74 Å². The zero-order valence-corrected chi connectivity index (χ0v) is 9.89. The molecule has 90 valence electrons. The van der Waals surface area contributed by atoms with Gasteiger partial charge in [-0.05, 0) is 24.1 Å². The van der Waals surface area contributed by atoms with Crippen molar-refractivity contribution in [2.75, 3.05) is 6.61 Å². The third-order valence-electron chi connectivity index (χ3n) is 2.20. The van der Waals surface area contributed by atoms with Crippen molar-refractivity contribution < 1.29 is 14.3 Å². The van der Waals surface area contributed by atoms with Crippen LogP contribution in [-0.2, 0) is 9.53 Å². The van der Waals surface area contributed by atoms with Crippen LogP contribution >= 0.6 is 0 Å². The Labute approximate surface area is 101 Å². The lowest BCUT2D eigenvalue weighted by Crippen LogP contribution is -2.01. The van der Waals surface area contributed by atoms with E-state index in [1.807, 2.05) is 13.0 Å². The van der Waals surface area contributed by atoms with Crippen LogP contribution in [0, 0.1) is 0 Å². The van der Waals surface area contributed by atoms with Gasteiger partial charge in [-0.2, -0.15) is 0 Å². The van der Waals surface area contributed by atoms with Gasteiger partial charge in [0.2, 0.25) is 0 Å². The highest BCUT2D eigenvalue weighted by atomic mass is 16.5. The average molecular weight is 232 g/mol. The van der Waals surface area contributed by atoms with Crippen LogP contribution in [-0.4, -0.2) is 18.9 Å². The average Bonchev–Trinajstić information content (AvgIpc) is 2.37. The highest BCUT2D eigenvalue weighted by Gasteiger charge is 1.96. The van der Waals surface area contributed by atoms with E-state index in [-0.39, 0.29) is 5.97 Å². The molecule has 0 aliphatic rings. The third kappa shape index (κ3) is 5.11. The monoisotopic (exact) mass is 232 g/mol. The van der Waals surface area contributed by atoms with Crippen LogP contribution in [0.2, 0.25) is 0 Å². The summed E-state index contributed by atoms with van der Waals surface area (Å²) >= 11 is 0. The molecule has 1 aromatic rings. The predicted molar refractivity (Wildman–Crippen MR) is 66.7 cm³/mol. The Kier molecular flexibility index (Phi) is 5.72. The van der Waals surface area contributed by atoms with Gasteiger partial charge in [-0.15, -0.1) is 0 Å². The lowest BCUT2D eigenvalue weighted by Gasteiger charge is -1.99. The Morgan fingerprint density at radius 1 is 1.35 bits per heavy atom. The minimum Gasteiger partial charge on any atom is -0.463 e. The topological polar surface area (TPSA) is 43.4 Å². The normalized spacial score (nSPS) is 10.4. The van der Waals surface area contributed by atoms with Crippen LogP contribution in [0.3, 0.4) is 0 Å². The van der Waals surface area contributed by atoms with Crippen molar-refractivity contribution in [1.82, 2.24) is 0 Å². The molecule has 0 atom stereocenters. The predicted octanol–water partition coefficient (Wildman–Crippen LogP) is 2.86. The quantitative estimate of drug-likeness (QED) is 0.328. The number of unbranched alkanes of at least 4 members (excludes halogenated alkanes) is 1. The molecule has 0 fully saturated rings. The Hall–Kier alpha value is -1.90. The number of carbonyl (C=O) groups excluding carboxylic acids is 2. The van der Waals surface area contributed by atoms with E-state index in [0.717, 1.165) is 24.7 Å². The van der Waals surface area contributed by atoms with Crippen LogP contribution in [0.25, 0.3) is 6.08 Å². The van der Waals surface area contributed by atoms with E-state index >= 15 is 0 Å². The Bertz CT molecular complexity index is 408. The fourth-order valence-electron chi connectivity index (χ4n) is 1.27. The Balaban J connectivity index is 2.51. The molecule has 0 aromatic heterocycles. The van der Waals surface area contributed by atoms with Gasteiger partial charge in [-0.25, -0.2) is 4.79 Å². The number of aldehydes is 1. The molecule has 0 unspecified atom stereocenters. The van der Waals surface area contributed by atoms with Gasteiger partial charge in [-0.3, -0.25) is 4.79 Å². The number of benzene rings is 1. The molecule has 0 radical (unpaired) electrons. The lowest BCUT2D eigenvalue weighted by molar-refractivity contribution is -0.137. The minimum absolute atomic E-state index is 0.352. The summed E-state index contributed by atoms with van der Waals surface area (Å²) in [5, 5.41) is 0. The molecule has 3 nitrogen and oxygen atoms in total. The molecular weight excluding hydrogens is 216 g/mol. The van der Waals surface area contributed by atoms with Gasteiger partial charge in [0.1, 0.15) is 6.29 Å². The molecule has 0 N–H and O–H groups in total. The van der Waals surface area contributed by atoms with Crippen LogP contribution < -0.4 is 0 Å². The summed E-state index contributed by atoms with van der Waals surface area (Å²) in [7, 11) is 0. The highest BCUT2D eigenvalue weighted by Crippen LogP contribution is 2.05. The Morgan fingerprint density at radius 3 is 2.82 bits per heavy atom. The van der Waals surface area contributed by atoms with Gasteiger partial charge in [0.25, 0.3) is 0 Å². The molecule has 1 aromatic carbocycles. The number of hydrogen-bond acceptors (Lipinski definition) is 3. The minimum atomic E-state index is -0.352. The van der Waals surface area contributed by atoms with Crippen molar-refractivity contribution in [1.29, 1.82) is 0 Å². The summed E-state index contributed by atoms with van der Waals surface area (Å²) in [6.45, 7) is 2.49. The van der Waals surface area contributed by atoms with Gasteiger partial charge >= 0.3 is 5.97 Å². The number of carbonyl (C=O) groups is 2. The van der Waals surface area contributed by atoms with E-state index in [2.05, 4.69) is 0 Å². The zero-order valence-electron chi connectivity index (χ0n) is 9.89. The maximum Gasteiger partial charge on any atom is 0.330 e. The van der Waals surface area contributed by atoms with E-state index in [1.54, 1.807) is 24.3 Å². The molecule has 0 saturated carbocycles. The van der Waals surface area contributed by atoms with E-state index in [9.17, 15) is 9.59 Å². The van der Waals surface area contributed by atoms with Crippen molar-refractivity contribution in [2.24, 2.45) is 0 Å². The van der Waals surface area contributed by atoms with Crippen LogP contribution in [0.4, 0.5) is 0 Å². The summed E-state index contributed by atoms with van der Waals surface area (Å²) < 4.78 is 4.97. The Morgan fingerprint density at radius 2 is 2.12 bits per heavy atom. The second-order valence-electron chi connectivity index (χ2n) is 3.64. The summed E-state index contributed by atoms with van der Waals surface area (Å²) in [4.78, 5) is 21.8. The molecule has 3 heteroatoms. The largest absolute Gasteiger partial charge is 0.463 e. The first-order valence-corrected chi connectivity index (χ1v) is 5.66. The van der Waals surface area contributed by atoms with Crippen molar-refractivity contribution in [3.05, 3.63) is 41.5 Å². The number of esters is 1. The molecule has 0 heterocycles. The molecule has 0 bridgehead atoms. The number of ether oxygens (including phenoxy) is 1. The summed E-state index contributed by atoms with van der Waals surface area (Å²) in [6.07, 6.45) is 5.66. The second-order valence-corrected chi connectivity index (χ2v) is 3.64. The van der Waals surface area contributed by atoms with E-state index in [4.69, 9.17) is 4.74 Å². The van der Waals surface area contributed by atoms with Crippen LogP contribution in [0.15, 0.2) is 30.3 Å². The number of hydrogen-bond donors (Lipinski definition) is 0. The highest BCUT2D eigenvalue weighted by molar-refractivity contribution is 5.87. The first kappa shape index (κ1) is 13.2. The van der Waals surface area contributed by atoms with E-state index < -0.39 is 0 Å². The van der Waals surface area contributed by atoms with Crippen LogP contribution in [0.1, 0.15) is 35.7 Å². The van der Waals surface area contributed by atoms with E-state index in [1.165, 1.54) is 6.08 Å². The van der Waals surface area contributed by atoms with Crippen molar-refractivity contribution in [2.45, 2.75) is 19.8 Å². The molecule has 1 rings (SSSR count). The van der Waals surface area contributed by atoms with Crippen LogP contribution in [0.5, 0.6) is 0 Å². The van der Waals surface area contributed by atoms with Crippen molar-refractivity contribution in [3.8, 4) is 0 Å². The lowest BCUT2D eigenvalue weighted by atomic mass is 10.1. The standard InChI is InChI=1S/C14H16O3/c1-2-3-9-17-14(16)8-7-12-5-4-6-13(10-12)11-15/h4-8,10-11H,2-3,9H2,1H3. The molecule has 0 aliphatic heterocycles. The second kappa shape index (κ2) is 7.39. The maximum atomic E-state index is 11.3. The van der Waals surface area contributed by atoms with Gasteiger partial charge in [0, 0.05) is 11.6 Å². The maximum absolute atomic E-state index is 11.3. The zero-order chi connectivity index (χ0) is 12.5. The van der Waals surface area contributed by atoms with Crippen molar-refractivity contribution in [3.63, 3.8) is 0 Å².